The van der Waals surface area contributed by atoms with Gasteiger partial charge in [-0.2, -0.15) is 0 Å². The first kappa shape index (κ1) is 11.3. The highest BCUT2D eigenvalue weighted by Crippen LogP contribution is 2.32. The lowest BCUT2D eigenvalue weighted by Crippen LogP contribution is -2.16. The summed E-state index contributed by atoms with van der Waals surface area (Å²) in [6.07, 6.45) is 8.06. The van der Waals surface area contributed by atoms with Crippen LogP contribution >= 0.6 is 0 Å². The molecule has 1 aliphatic carbocycles. The van der Waals surface area contributed by atoms with Crippen molar-refractivity contribution in [2.24, 2.45) is 5.92 Å². The third-order valence-electron chi connectivity index (χ3n) is 3.83. The van der Waals surface area contributed by atoms with Gasteiger partial charge in [0, 0.05) is 12.4 Å². The highest BCUT2D eigenvalue weighted by atomic mass is 16.3. The van der Waals surface area contributed by atoms with Crippen molar-refractivity contribution < 1.29 is 5.11 Å². The molecule has 2 heteroatoms. The first-order valence-corrected chi connectivity index (χ1v) is 6.51. The van der Waals surface area contributed by atoms with Crippen LogP contribution in [0.4, 0.5) is 0 Å². The van der Waals surface area contributed by atoms with Gasteiger partial charge < -0.3 is 5.11 Å². The molecule has 0 fully saturated rings. The molecule has 0 unspecified atom stereocenters. The van der Waals surface area contributed by atoms with E-state index >= 15 is 0 Å². The summed E-state index contributed by atoms with van der Waals surface area (Å²) in [6.45, 7) is 0. The first-order chi connectivity index (χ1) is 8.83. The minimum atomic E-state index is 0.467. The Hall–Kier alpha value is -1.83. The van der Waals surface area contributed by atoms with E-state index in [0.717, 1.165) is 31.2 Å². The smallest absolute Gasteiger partial charge is 0.119 e. The Balaban J connectivity index is 1.76. The summed E-state index contributed by atoms with van der Waals surface area (Å²) in [5.41, 5.74) is 3.84. The van der Waals surface area contributed by atoms with Crippen molar-refractivity contribution in [2.75, 3.05) is 0 Å². The second kappa shape index (κ2) is 4.81. The van der Waals surface area contributed by atoms with Crippen molar-refractivity contribution in [1.82, 2.24) is 4.98 Å². The Bertz CT molecular complexity index is 536. The van der Waals surface area contributed by atoms with Crippen molar-refractivity contribution in [3.8, 4) is 5.75 Å². The zero-order chi connectivity index (χ0) is 12.4. The Kier molecular flexibility index (Phi) is 3.01. The predicted octanol–water partition coefficient (Wildman–Crippen LogP) is 3.13. The van der Waals surface area contributed by atoms with Crippen molar-refractivity contribution in [3.05, 3.63) is 59.4 Å². The van der Waals surface area contributed by atoms with Gasteiger partial charge in [0.1, 0.15) is 5.75 Å². The molecule has 2 aromatic rings. The maximum atomic E-state index is 9.82. The molecule has 0 amide bonds. The molecule has 1 aliphatic rings. The Morgan fingerprint density at radius 1 is 1.17 bits per heavy atom. The summed E-state index contributed by atoms with van der Waals surface area (Å²) < 4.78 is 0. The van der Waals surface area contributed by atoms with Gasteiger partial charge in [-0.25, -0.2) is 0 Å². The van der Waals surface area contributed by atoms with E-state index in [9.17, 15) is 5.11 Å². The van der Waals surface area contributed by atoms with Crippen LogP contribution in [0.25, 0.3) is 0 Å². The SMILES string of the molecule is Oc1cccc2c1CC[C@H](Cc1ccncc1)C2. The van der Waals surface area contributed by atoms with Crippen LogP contribution < -0.4 is 0 Å². The van der Waals surface area contributed by atoms with E-state index in [1.54, 1.807) is 6.07 Å². The maximum Gasteiger partial charge on any atom is 0.119 e. The van der Waals surface area contributed by atoms with Crippen LogP contribution in [-0.2, 0) is 19.3 Å². The van der Waals surface area contributed by atoms with Gasteiger partial charge >= 0.3 is 0 Å². The van der Waals surface area contributed by atoms with Crippen molar-refractivity contribution >= 4 is 0 Å². The van der Waals surface area contributed by atoms with Gasteiger partial charge in [-0.3, -0.25) is 4.98 Å². The number of benzene rings is 1. The molecule has 1 atom stereocenters. The normalized spacial score (nSPS) is 18.3. The van der Waals surface area contributed by atoms with Gasteiger partial charge in [-0.05, 0) is 66.5 Å². The molecule has 1 aromatic carbocycles. The van der Waals surface area contributed by atoms with Crippen molar-refractivity contribution in [3.63, 3.8) is 0 Å². The molecule has 0 bridgehead atoms. The highest BCUT2D eigenvalue weighted by molar-refractivity contribution is 5.41. The fourth-order valence-electron chi connectivity index (χ4n) is 2.89. The van der Waals surface area contributed by atoms with E-state index in [2.05, 4.69) is 23.2 Å². The Labute approximate surface area is 107 Å². The molecule has 0 saturated carbocycles. The second-order valence-electron chi connectivity index (χ2n) is 5.08. The molecule has 1 N–H and O–H groups in total. The molecule has 0 saturated heterocycles. The number of aromatic nitrogens is 1. The average Bonchev–Trinajstić information content (AvgIpc) is 2.40. The topological polar surface area (TPSA) is 33.1 Å². The molecule has 2 nitrogen and oxygen atoms in total. The van der Waals surface area contributed by atoms with Crippen LogP contribution in [-0.4, -0.2) is 10.1 Å². The van der Waals surface area contributed by atoms with Gasteiger partial charge in [0.2, 0.25) is 0 Å². The molecule has 18 heavy (non-hydrogen) atoms. The molecular weight excluding hydrogens is 222 g/mol. The molecule has 0 radical (unpaired) electrons. The van der Waals surface area contributed by atoms with Crippen LogP contribution in [0.5, 0.6) is 5.75 Å². The zero-order valence-electron chi connectivity index (χ0n) is 10.3. The molecule has 0 aliphatic heterocycles. The summed E-state index contributed by atoms with van der Waals surface area (Å²) in [5, 5.41) is 9.82. The number of hydrogen-bond donors (Lipinski definition) is 1. The summed E-state index contributed by atoms with van der Waals surface area (Å²) in [5.74, 6) is 1.15. The van der Waals surface area contributed by atoms with E-state index in [1.165, 1.54) is 11.1 Å². The lowest BCUT2D eigenvalue weighted by Gasteiger charge is -2.25. The van der Waals surface area contributed by atoms with Gasteiger partial charge in [0.15, 0.2) is 0 Å². The maximum absolute atomic E-state index is 9.82. The lowest BCUT2D eigenvalue weighted by atomic mass is 9.80. The molecular formula is C16H17NO. The van der Waals surface area contributed by atoms with Crippen LogP contribution in [0.2, 0.25) is 0 Å². The van der Waals surface area contributed by atoms with Gasteiger partial charge in [0.25, 0.3) is 0 Å². The van der Waals surface area contributed by atoms with Crippen LogP contribution in [0.3, 0.4) is 0 Å². The number of phenolic OH excluding ortho intramolecular Hbond substituents is 1. The minimum Gasteiger partial charge on any atom is -0.508 e. The second-order valence-corrected chi connectivity index (χ2v) is 5.08. The first-order valence-electron chi connectivity index (χ1n) is 6.51. The largest absolute Gasteiger partial charge is 0.508 e. The van der Waals surface area contributed by atoms with E-state index in [-0.39, 0.29) is 0 Å². The van der Waals surface area contributed by atoms with Gasteiger partial charge in [-0.1, -0.05) is 12.1 Å². The molecule has 0 spiro atoms. The predicted molar refractivity (Wildman–Crippen MR) is 71.6 cm³/mol. The van der Waals surface area contributed by atoms with Crippen LogP contribution in [0.1, 0.15) is 23.1 Å². The average molecular weight is 239 g/mol. The number of fused-ring (bicyclic) bond motifs is 1. The summed E-state index contributed by atoms with van der Waals surface area (Å²) >= 11 is 0. The fraction of sp³-hybridized carbons (Fsp3) is 0.312. The minimum absolute atomic E-state index is 0.467. The molecule has 92 valence electrons. The number of phenols is 1. The van der Waals surface area contributed by atoms with Crippen LogP contribution in [0.15, 0.2) is 42.7 Å². The van der Waals surface area contributed by atoms with Gasteiger partial charge in [-0.15, -0.1) is 0 Å². The van der Waals surface area contributed by atoms with E-state index in [0.29, 0.717) is 11.7 Å². The van der Waals surface area contributed by atoms with Crippen molar-refractivity contribution in [1.29, 1.82) is 0 Å². The summed E-state index contributed by atoms with van der Waals surface area (Å²) in [7, 11) is 0. The monoisotopic (exact) mass is 239 g/mol. The van der Waals surface area contributed by atoms with E-state index in [1.807, 2.05) is 18.5 Å². The van der Waals surface area contributed by atoms with Crippen LogP contribution in [0, 0.1) is 5.92 Å². The highest BCUT2D eigenvalue weighted by Gasteiger charge is 2.20. The number of pyridine rings is 1. The molecule has 1 aromatic heterocycles. The summed E-state index contributed by atoms with van der Waals surface area (Å²) in [4.78, 5) is 4.05. The van der Waals surface area contributed by atoms with Crippen molar-refractivity contribution in [2.45, 2.75) is 25.7 Å². The molecule has 1 heterocycles. The molecule has 3 rings (SSSR count). The number of aromatic hydroxyl groups is 1. The third kappa shape index (κ3) is 2.23. The quantitative estimate of drug-likeness (QED) is 0.873. The Morgan fingerprint density at radius 3 is 2.83 bits per heavy atom. The number of hydrogen-bond acceptors (Lipinski definition) is 2. The zero-order valence-corrected chi connectivity index (χ0v) is 10.3. The standard InChI is InChI=1S/C16H17NO/c18-16-3-1-2-14-11-13(4-5-15(14)16)10-12-6-8-17-9-7-12/h1-3,6-9,13,18H,4-5,10-11H2/t13-/m1/s1. The Morgan fingerprint density at radius 2 is 2.00 bits per heavy atom. The lowest BCUT2D eigenvalue weighted by molar-refractivity contribution is 0.426. The third-order valence-corrected chi connectivity index (χ3v) is 3.83. The van der Waals surface area contributed by atoms with Gasteiger partial charge in [0.05, 0.1) is 0 Å². The summed E-state index contributed by atoms with van der Waals surface area (Å²) in [6, 6.07) is 10.1. The van der Waals surface area contributed by atoms with E-state index < -0.39 is 0 Å². The number of nitrogens with zero attached hydrogens (tertiary/aromatic N) is 1. The fourth-order valence-corrected chi connectivity index (χ4v) is 2.89. The number of rotatable bonds is 2. The van der Waals surface area contributed by atoms with E-state index in [4.69, 9.17) is 0 Å².